The number of aliphatic hydroxyl groups excluding tert-OH is 1. The number of hydrogen-bond acceptors (Lipinski definition) is 6. The van der Waals surface area contributed by atoms with Crippen LogP contribution in [0.4, 0.5) is 15.3 Å². The van der Waals surface area contributed by atoms with Crippen LogP contribution in [0.25, 0.3) is 11.1 Å². The van der Waals surface area contributed by atoms with Gasteiger partial charge in [-0.25, -0.2) is 14.4 Å². The Hall–Kier alpha value is -2.51. The number of thiazole rings is 1. The molecule has 0 amide bonds. The lowest BCUT2D eigenvalue weighted by Crippen LogP contribution is -2.25. The third-order valence-electron chi connectivity index (χ3n) is 5.55. The highest BCUT2D eigenvalue weighted by Gasteiger charge is 2.26. The number of pyridine rings is 1. The molecule has 1 saturated carbocycles. The van der Waals surface area contributed by atoms with Crippen LogP contribution in [0.3, 0.4) is 0 Å². The number of fused-ring (bicyclic) bond motifs is 1. The summed E-state index contributed by atoms with van der Waals surface area (Å²) in [5.41, 5.74) is 2.52. The smallest absolute Gasteiger partial charge is 0.188 e. The van der Waals surface area contributed by atoms with E-state index >= 15 is 0 Å². The lowest BCUT2D eigenvalue weighted by molar-refractivity contribution is 0.121. The van der Waals surface area contributed by atoms with Crippen LogP contribution in [-0.2, 0) is 6.42 Å². The number of hydrogen-bond donors (Lipinski definition) is 2. The number of rotatable bonds is 5. The van der Waals surface area contributed by atoms with Crippen molar-refractivity contribution in [3.63, 3.8) is 0 Å². The van der Waals surface area contributed by atoms with Crippen LogP contribution < -0.4 is 10.1 Å². The van der Waals surface area contributed by atoms with E-state index in [1.54, 1.807) is 29.7 Å². The van der Waals surface area contributed by atoms with Gasteiger partial charge in [0.25, 0.3) is 0 Å². The molecule has 1 fully saturated rings. The largest absolute Gasteiger partial charge is 0.486 e. The van der Waals surface area contributed by atoms with E-state index in [1.165, 1.54) is 12.1 Å². The lowest BCUT2D eigenvalue weighted by atomic mass is 9.96. The van der Waals surface area contributed by atoms with Crippen molar-refractivity contribution in [3.8, 4) is 16.9 Å². The Kier molecular flexibility index (Phi) is 4.93. The van der Waals surface area contributed by atoms with Crippen LogP contribution in [0, 0.1) is 5.82 Å². The van der Waals surface area contributed by atoms with Crippen molar-refractivity contribution < 1.29 is 14.2 Å². The molecule has 5 rings (SSSR count). The Morgan fingerprint density at radius 3 is 2.66 bits per heavy atom. The highest BCUT2D eigenvalue weighted by molar-refractivity contribution is 7.15. The van der Waals surface area contributed by atoms with Crippen molar-refractivity contribution in [1.29, 1.82) is 0 Å². The maximum Gasteiger partial charge on any atom is 0.188 e. The summed E-state index contributed by atoms with van der Waals surface area (Å²) in [7, 11) is 0. The number of ether oxygens (including phenoxy) is 1. The van der Waals surface area contributed by atoms with Gasteiger partial charge in [-0.05, 0) is 62.3 Å². The first-order valence-corrected chi connectivity index (χ1v) is 10.9. The molecule has 0 spiro atoms. The van der Waals surface area contributed by atoms with Gasteiger partial charge in [0.15, 0.2) is 16.7 Å². The van der Waals surface area contributed by atoms with Gasteiger partial charge in [0.1, 0.15) is 5.82 Å². The predicted molar refractivity (Wildman–Crippen MR) is 111 cm³/mol. The van der Waals surface area contributed by atoms with Crippen molar-refractivity contribution >= 4 is 22.3 Å². The van der Waals surface area contributed by atoms with Gasteiger partial charge in [0.2, 0.25) is 0 Å². The third-order valence-corrected chi connectivity index (χ3v) is 6.59. The van der Waals surface area contributed by atoms with Crippen molar-refractivity contribution in [2.24, 2.45) is 0 Å². The summed E-state index contributed by atoms with van der Waals surface area (Å²) in [5.74, 6) is 0.992. The van der Waals surface area contributed by atoms with Crippen LogP contribution >= 0.6 is 11.3 Å². The summed E-state index contributed by atoms with van der Waals surface area (Å²) in [4.78, 5) is 10.2. The molecule has 7 heteroatoms. The highest BCUT2D eigenvalue weighted by atomic mass is 32.1. The number of nitrogens with one attached hydrogen (secondary N) is 1. The standard InChI is InChI=1S/C22H22FN3O2S/c23-14-9-7-13(8-10-14)16-11-12-24-21(20(16)28-15-3-1-4-15)26-22-25-19-17(27)5-2-6-18(19)29-22/h7-12,15,17,27H,1-6H2,(H,24,25,26). The molecule has 0 aliphatic heterocycles. The van der Waals surface area contributed by atoms with Crippen LogP contribution in [0.5, 0.6) is 5.75 Å². The van der Waals surface area contributed by atoms with Gasteiger partial charge in [-0.15, -0.1) is 11.3 Å². The van der Waals surface area contributed by atoms with Crippen molar-refractivity contribution in [3.05, 3.63) is 52.9 Å². The van der Waals surface area contributed by atoms with Gasteiger partial charge < -0.3 is 15.2 Å². The Labute approximate surface area is 172 Å². The minimum atomic E-state index is -0.491. The molecule has 1 atom stereocenters. The Morgan fingerprint density at radius 1 is 1.10 bits per heavy atom. The topological polar surface area (TPSA) is 67.3 Å². The second kappa shape index (κ2) is 7.72. The molecule has 0 bridgehead atoms. The molecule has 0 radical (unpaired) electrons. The van der Waals surface area contributed by atoms with Gasteiger partial charge in [-0.2, -0.15) is 0 Å². The van der Waals surface area contributed by atoms with Crippen LogP contribution in [-0.4, -0.2) is 21.2 Å². The average Bonchev–Trinajstić information content (AvgIpc) is 3.10. The molecule has 2 heterocycles. The van der Waals surface area contributed by atoms with Gasteiger partial charge in [-0.1, -0.05) is 12.1 Å². The van der Waals surface area contributed by atoms with E-state index in [-0.39, 0.29) is 11.9 Å². The molecule has 1 unspecified atom stereocenters. The van der Waals surface area contributed by atoms with Crippen molar-refractivity contribution in [1.82, 2.24) is 9.97 Å². The molecule has 3 aromatic rings. The normalized spacial score (nSPS) is 18.8. The summed E-state index contributed by atoms with van der Waals surface area (Å²) in [5, 5.41) is 14.2. The third kappa shape index (κ3) is 3.72. The van der Waals surface area contributed by atoms with E-state index in [9.17, 15) is 9.50 Å². The number of halogens is 1. The zero-order valence-electron chi connectivity index (χ0n) is 15.9. The Bertz CT molecular complexity index is 1020. The zero-order chi connectivity index (χ0) is 19.8. The molecular weight excluding hydrogens is 389 g/mol. The fourth-order valence-corrected chi connectivity index (χ4v) is 4.78. The van der Waals surface area contributed by atoms with E-state index < -0.39 is 6.10 Å². The fourth-order valence-electron chi connectivity index (χ4n) is 3.72. The molecule has 2 N–H and O–H groups in total. The first-order chi connectivity index (χ1) is 14.2. The quantitative estimate of drug-likeness (QED) is 0.589. The van der Waals surface area contributed by atoms with Crippen LogP contribution in [0.1, 0.15) is 48.8 Å². The summed E-state index contributed by atoms with van der Waals surface area (Å²) < 4.78 is 19.7. The highest BCUT2D eigenvalue weighted by Crippen LogP contribution is 2.41. The summed E-state index contributed by atoms with van der Waals surface area (Å²) >= 11 is 1.56. The second-order valence-corrected chi connectivity index (χ2v) is 8.66. The fraction of sp³-hybridized carbons (Fsp3) is 0.364. The van der Waals surface area contributed by atoms with Gasteiger partial charge in [-0.3, -0.25) is 0 Å². The van der Waals surface area contributed by atoms with E-state index in [2.05, 4.69) is 15.3 Å². The van der Waals surface area contributed by atoms with E-state index in [1.807, 2.05) is 6.07 Å². The molecule has 2 aliphatic carbocycles. The maximum atomic E-state index is 13.4. The summed E-state index contributed by atoms with van der Waals surface area (Å²) in [6.07, 6.45) is 7.28. The van der Waals surface area contributed by atoms with Crippen LogP contribution in [0.2, 0.25) is 0 Å². The predicted octanol–water partition coefficient (Wildman–Crippen LogP) is 5.39. The van der Waals surface area contributed by atoms with Crippen molar-refractivity contribution in [2.45, 2.75) is 50.7 Å². The summed E-state index contributed by atoms with van der Waals surface area (Å²) in [6, 6.07) is 8.29. The second-order valence-electron chi connectivity index (χ2n) is 7.57. The monoisotopic (exact) mass is 411 g/mol. The molecular formula is C22H22FN3O2S. The molecule has 5 nitrogen and oxygen atoms in total. The first-order valence-electron chi connectivity index (χ1n) is 10.0. The van der Waals surface area contributed by atoms with E-state index in [4.69, 9.17) is 4.74 Å². The number of nitrogens with zero attached hydrogens (tertiary/aromatic N) is 2. The minimum absolute atomic E-state index is 0.172. The Balaban J connectivity index is 1.51. The molecule has 29 heavy (non-hydrogen) atoms. The van der Waals surface area contributed by atoms with Gasteiger partial charge in [0.05, 0.1) is 17.9 Å². The van der Waals surface area contributed by atoms with Gasteiger partial charge >= 0.3 is 0 Å². The first kappa shape index (κ1) is 18.5. The molecule has 150 valence electrons. The molecule has 2 aliphatic rings. The van der Waals surface area contributed by atoms with Crippen LogP contribution in [0.15, 0.2) is 36.5 Å². The van der Waals surface area contributed by atoms with Crippen molar-refractivity contribution in [2.75, 3.05) is 5.32 Å². The lowest BCUT2D eigenvalue weighted by Gasteiger charge is -2.28. The minimum Gasteiger partial charge on any atom is -0.486 e. The number of aliphatic hydroxyl groups is 1. The number of anilines is 2. The Morgan fingerprint density at radius 2 is 1.93 bits per heavy atom. The van der Waals surface area contributed by atoms with E-state index in [0.717, 1.165) is 60.2 Å². The maximum absolute atomic E-state index is 13.4. The SMILES string of the molecule is OC1CCCc2sc(Nc3nccc(-c4ccc(F)cc4)c3OC3CCC3)nc21. The van der Waals surface area contributed by atoms with Gasteiger partial charge in [0, 0.05) is 16.6 Å². The molecule has 1 aromatic carbocycles. The number of aromatic nitrogens is 2. The van der Waals surface area contributed by atoms with E-state index in [0.29, 0.717) is 16.7 Å². The average molecular weight is 412 g/mol. The number of benzene rings is 1. The molecule has 2 aromatic heterocycles. The summed E-state index contributed by atoms with van der Waals surface area (Å²) in [6.45, 7) is 0. The number of aryl methyl sites for hydroxylation is 1. The molecule has 0 saturated heterocycles. The zero-order valence-corrected chi connectivity index (χ0v) is 16.7.